The van der Waals surface area contributed by atoms with Gasteiger partial charge in [0.2, 0.25) is 5.91 Å². The molecule has 1 amide bonds. The smallest absolute Gasteiger partial charge is 0.244 e. The maximum atomic E-state index is 12.7. The molecule has 1 saturated heterocycles. The van der Waals surface area contributed by atoms with Crippen molar-refractivity contribution < 1.29 is 4.79 Å². The molecular formula is C20H22N6O. The Labute approximate surface area is 158 Å². The number of rotatable bonds is 4. The van der Waals surface area contributed by atoms with Gasteiger partial charge in [-0.3, -0.25) is 9.78 Å². The molecule has 1 aliphatic rings. The first-order chi connectivity index (χ1) is 13.2. The maximum Gasteiger partial charge on any atom is 0.244 e. The van der Waals surface area contributed by atoms with Crippen LogP contribution in [-0.2, 0) is 11.3 Å². The molecule has 3 aromatic rings. The average Bonchev–Trinajstić information content (AvgIpc) is 3.18. The van der Waals surface area contributed by atoms with E-state index in [1.165, 1.54) is 0 Å². The molecule has 138 valence electrons. The highest BCUT2D eigenvalue weighted by molar-refractivity contribution is 5.76. The third-order valence-corrected chi connectivity index (χ3v) is 4.84. The molecule has 0 spiro atoms. The minimum absolute atomic E-state index is 0.0701. The molecule has 0 N–H and O–H groups in total. The molecule has 7 nitrogen and oxygen atoms in total. The SMILES string of the molecule is CC1CN(C(=O)Cn2cnc(-c3ccccc3)n2)CCN1c1ccncc1. The molecule has 1 atom stereocenters. The molecule has 0 aliphatic carbocycles. The van der Waals surface area contributed by atoms with E-state index in [9.17, 15) is 4.79 Å². The van der Waals surface area contributed by atoms with Crippen LogP contribution in [0.2, 0.25) is 0 Å². The third-order valence-electron chi connectivity index (χ3n) is 4.84. The van der Waals surface area contributed by atoms with E-state index in [0.29, 0.717) is 18.9 Å². The Kier molecular flexibility index (Phi) is 4.82. The fourth-order valence-electron chi connectivity index (χ4n) is 3.43. The number of anilines is 1. The van der Waals surface area contributed by atoms with Gasteiger partial charge < -0.3 is 9.80 Å². The minimum atomic E-state index is 0.0701. The predicted octanol–water partition coefficient (Wildman–Crippen LogP) is 2.08. The number of hydrogen-bond donors (Lipinski definition) is 0. The summed E-state index contributed by atoms with van der Waals surface area (Å²) in [6.45, 7) is 4.56. The van der Waals surface area contributed by atoms with Gasteiger partial charge in [0.15, 0.2) is 5.82 Å². The summed E-state index contributed by atoms with van der Waals surface area (Å²) in [6.07, 6.45) is 5.22. The summed E-state index contributed by atoms with van der Waals surface area (Å²) in [5.74, 6) is 0.708. The van der Waals surface area contributed by atoms with E-state index in [4.69, 9.17) is 0 Å². The molecule has 27 heavy (non-hydrogen) atoms. The van der Waals surface area contributed by atoms with Gasteiger partial charge in [-0.15, -0.1) is 0 Å². The predicted molar refractivity (Wildman–Crippen MR) is 103 cm³/mol. The van der Waals surface area contributed by atoms with Crippen LogP contribution in [0.25, 0.3) is 11.4 Å². The van der Waals surface area contributed by atoms with Gasteiger partial charge in [0.1, 0.15) is 12.9 Å². The van der Waals surface area contributed by atoms with Crippen molar-refractivity contribution in [2.24, 2.45) is 0 Å². The fourth-order valence-corrected chi connectivity index (χ4v) is 3.43. The minimum Gasteiger partial charge on any atom is -0.365 e. The standard InChI is InChI=1S/C20H22N6O/c1-16-13-24(11-12-26(16)18-7-9-21-10-8-18)19(27)14-25-15-22-20(23-25)17-5-3-2-4-6-17/h2-10,15-16H,11-14H2,1H3. The summed E-state index contributed by atoms with van der Waals surface area (Å²) < 4.78 is 1.62. The first-order valence-electron chi connectivity index (χ1n) is 9.10. The van der Waals surface area contributed by atoms with Gasteiger partial charge in [-0.1, -0.05) is 30.3 Å². The van der Waals surface area contributed by atoms with Crippen LogP contribution in [0.15, 0.2) is 61.2 Å². The molecule has 1 aliphatic heterocycles. The maximum absolute atomic E-state index is 12.7. The molecule has 0 bridgehead atoms. The van der Waals surface area contributed by atoms with Crippen molar-refractivity contribution in [3.05, 3.63) is 61.2 Å². The van der Waals surface area contributed by atoms with Gasteiger partial charge in [0.05, 0.1) is 0 Å². The molecule has 7 heteroatoms. The van der Waals surface area contributed by atoms with Crippen LogP contribution in [0.3, 0.4) is 0 Å². The van der Waals surface area contributed by atoms with Crippen LogP contribution in [0.5, 0.6) is 0 Å². The second-order valence-electron chi connectivity index (χ2n) is 6.72. The second-order valence-corrected chi connectivity index (χ2v) is 6.72. The third kappa shape index (κ3) is 3.81. The highest BCUT2D eigenvalue weighted by atomic mass is 16.2. The van der Waals surface area contributed by atoms with Crippen LogP contribution in [0.1, 0.15) is 6.92 Å². The van der Waals surface area contributed by atoms with Crippen molar-refractivity contribution in [1.82, 2.24) is 24.6 Å². The highest BCUT2D eigenvalue weighted by Crippen LogP contribution is 2.20. The van der Waals surface area contributed by atoms with Crippen molar-refractivity contribution in [2.75, 3.05) is 24.5 Å². The number of piperazine rings is 1. The molecule has 2 aromatic heterocycles. The first kappa shape index (κ1) is 17.2. The summed E-state index contributed by atoms with van der Waals surface area (Å²) in [4.78, 5) is 25.3. The van der Waals surface area contributed by atoms with E-state index in [0.717, 1.165) is 17.8 Å². The number of amides is 1. The number of aromatic nitrogens is 4. The van der Waals surface area contributed by atoms with Crippen molar-refractivity contribution in [2.45, 2.75) is 19.5 Å². The number of carbonyl (C=O) groups is 1. The van der Waals surface area contributed by atoms with E-state index >= 15 is 0 Å². The van der Waals surface area contributed by atoms with E-state index < -0.39 is 0 Å². The Balaban J connectivity index is 1.38. The van der Waals surface area contributed by atoms with Gasteiger partial charge in [0.25, 0.3) is 0 Å². The molecule has 1 unspecified atom stereocenters. The normalized spacial score (nSPS) is 17.1. The number of pyridine rings is 1. The molecule has 1 fully saturated rings. The van der Waals surface area contributed by atoms with Gasteiger partial charge in [-0.05, 0) is 19.1 Å². The summed E-state index contributed by atoms with van der Waals surface area (Å²) in [5.41, 5.74) is 2.09. The molecular weight excluding hydrogens is 340 g/mol. The fraction of sp³-hybridized carbons (Fsp3) is 0.300. The average molecular weight is 362 g/mol. The van der Waals surface area contributed by atoms with E-state index in [1.54, 1.807) is 23.4 Å². The summed E-state index contributed by atoms with van der Waals surface area (Å²) in [5, 5.41) is 4.44. The first-order valence-corrected chi connectivity index (χ1v) is 9.10. The lowest BCUT2D eigenvalue weighted by Gasteiger charge is -2.41. The Morgan fingerprint density at radius 3 is 2.63 bits per heavy atom. The van der Waals surface area contributed by atoms with Crippen LogP contribution in [0, 0.1) is 0 Å². The molecule has 1 aromatic carbocycles. The molecule has 4 rings (SSSR count). The van der Waals surface area contributed by atoms with Gasteiger partial charge in [-0.2, -0.15) is 5.10 Å². The van der Waals surface area contributed by atoms with E-state index in [1.807, 2.05) is 47.4 Å². The second kappa shape index (κ2) is 7.57. The number of benzene rings is 1. The Morgan fingerprint density at radius 2 is 1.89 bits per heavy atom. The lowest BCUT2D eigenvalue weighted by Crippen LogP contribution is -2.54. The van der Waals surface area contributed by atoms with Crippen molar-refractivity contribution in [3.8, 4) is 11.4 Å². The Hall–Kier alpha value is -3.22. The van der Waals surface area contributed by atoms with Crippen molar-refractivity contribution >= 4 is 11.6 Å². The summed E-state index contributed by atoms with van der Waals surface area (Å²) in [6, 6.07) is 14.0. The Bertz CT molecular complexity index is 895. The number of nitrogens with zero attached hydrogens (tertiary/aromatic N) is 6. The topological polar surface area (TPSA) is 67.2 Å². The largest absolute Gasteiger partial charge is 0.365 e. The van der Waals surface area contributed by atoms with Crippen LogP contribution >= 0.6 is 0 Å². The van der Waals surface area contributed by atoms with Crippen LogP contribution in [-0.4, -0.2) is 56.2 Å². The van der Waals surface area contributed by atoms with E-state index in [-0.39, 0.29) is 18.5 Å². The quantitative estimate of drug-likeness (QED) is 0.711. The van der Waals surface area contributed by atoms with Crippen molar-refractivity contribution in [1.29, 1.82) is 0 Å². The lowest BCUT2D eigenvalue weighted by molar-refractivity contribution is -0.132. The molecule has 0 radical (unpaired) electrons. The lowest BCUT2D eigenvalue weighted by atomic mass is 10.1. The Morgan fingerprint density at radius 1 is 1.11 bits per heavy atom. The molecule has 0 saturated carbocycles. The highest BCUT2D eigenvalue weighted by Gasteiger charge is 2.27. The van der Waals surface area contributed by atoms with Crippen LogP contribution < -0.4 is 4.90 Å². The van der Waals surface area contributed by atoms with Gasteiger partial charge >= 0.3 is 0 Å². The van der Waals surface area contributed by atoms with Crippen molar-refractivity contribution in [3.63, 3.8) is 0 Å². The monoisotopic (exact) mass is 362 g/mol. The van der Waals surface area contributed by atoms with Gasteiger partial charge in [0, 0.05) is 49.3 Å². The zero-order chi connectivity index (χ0) is 18.6. The zero-order valence-electron chi connectivity index (χ0n) is 15.3. The van der Waals surface area contributed by atoms with E-state index in [2.05, 4.69) is 26.9 Å². The van der Waals surface area contributed by atoms with Crippen LogP contribution in [0.4, 0.5) is 5.69 Å². The zero-order valence-corrected chi connectivity index (χ0v) is 15.3. The summed E-state index contributed by atoms with van der Waals surface area (Å²) in [7, 11) is 0. The molecule has 3 heterocycles. The number of carbonyl (C=O) groups excluding carboxylic acids is 1. The number of hydrogen-bond acceptors (Lipinski definition) is 5. The van der Waals surface area contributed by atoms with Gasteiger partial charge in [-0.25, -0.2) is 9.67 Å². The summed E-state index contributed by atoms with van der Waals surface area (Å²) >= 11 is 0.